The summed E-state index contributed by atoms with van der Waals surface area (Å²) in [5.74, 6) is 1.21. The van der Waals surface area contributed by atoms with Gasteiger partial charge in [0.25, 0.3) is 0 Å². The fourth-order valence-corrected chi connectivity index (χ4v) is 1.97. The minimum Gasteiger partial charge on any atom is -0.338 e. The molecule has 4 nitrogen and oxygen atoms in total. The highest BCUT2D eigenvalue weighted by Crippen LogP contribution is 2.16. The lowest BCUT2D eigenvalue weighted by Crippen LogP contribution is -2.10. The Morgan fingerprint density at radius 1 is 1.33 bits per heavy atom. The molecule has 0 saturated carbocycles. The first-order valence-electron chi connectivity index (χ1n) is 6.01. The van der Waals surface area contributed by atoms with Crippen LogP contribution in [0.4, 0.5) is 0 Å². The average molecular weight is 310 g/mol. The molecule has 5 heteroatoms. The van der Waals surface area contributed by atoms with Gasteiger partial charge in [-0.15, -0.1) is 0 Å². The highest BCUT2D eigenvalue weighted by Gasteiger charge is 2.13. The minimum absolute atomic E-state index is 0.152. The van der Waals surface area contributed by atoms with E-state index >= 15 is 0 Å². The minimum atomic E-state index is -0.152. The van der Waals surface area contributed by atoms with Gasteiger partial charge in [-0.1, -0.05) is 46.6 Å². The summed E-state index contributed by atoms with van der Waals surface area (Å²) in [5, 5.41) is 3.96. The van der Waals surface area contributed by atoms with Gasteiger partial charge in [-0.3, -0.25) is 0 Å². The van der Waals surface area contributed by atoms with Crippen LogP contribution in [0, 0.1) is 0 Å². The second-order valence-electron chi connectivity index (χ2n) is 4.25. The molecule has 2 rings (SSSR count). The number of halogens is 1. The lowest BCUT2D eigenvalue weighted by molar-refractivity contribution is 0.345. The van der Waals surface area contributed by atoms with E-state index < -0.39 is 0 Å². The maximum absolute atomic E-state index is 5.93. The Bertz CT molecular complexity index is 495. The van der Waals surface area contributed by atoms with Crippen LogP contribution in [0.25, 0.3) is 0 Å². The molecule has 0 aliphatic carbocycles. The summed E-state index contributed by atoms with van der Waals surface area (Å²) < 4.78 is 6.24. The number of nitrogens with zero attached hydrogens (tertiary/aromatic N) is 2. The predicted molar refractivity (Wildman–Crippen MR) is 73.1 cm³/mol. The van der Waals surface area contributed by atoms with Crippen LogP contribution in [0.3, 0.4) is 0 Å². The largest absolute Gasteiger partial charge is 0.338 e. The van der Waals surface area contributed by atoms with Crippen LogP contribution in [-0.4, -0.2) is 10.1 Å². The molecule has 0 amide bonds. The molecule has 96 valence electrons. The van der Waals surface area contributed by atoms with Gasteiger partial charge >= 0.3 is 0 Å². The molecule has 1 aromatic heterocycles. The van der Waals surface area contributed by atoms with Gasteiger partial charge in [0.2, 0.25) is 5.89 Å². The van der Waals surface area contributed by atoms with Gasteiger partial charge < -0.3 is 10.3 Å². The van der Waals surface area contributed by atoms with Crippen LogP contribution < -0.4 is 5.73 Å². The van der Waals surface area contributed by atoms with Crippen LogP contribution in [0.1, 0.15) is 43.1 Å². The molecule has 1 atom stereocenters. The molecule has 1 aromatic carbocycles. The molecule has 0 saturated heterocycles. The van der Waals surface area contributed by atoms with Crippen molar-refractivity contribution in [1.82, 2.24) is 10.1 Å². The third-order valence-corrected chi connectivity index (χ3v) is 3.20. The Morgan fingerprint density at radius 3 is 2.72 bits per heavy atom. The van der Waals surface area contributed by atoms with Gasteiger partial charge in [-0.25, -0.2) is 0 Å². The first-order chi connectivity index (χ1) is 8.69. The summed E-state index contributed by atoms with van der Waals surface area (Å²) in [4.78, 5) is 4.33. The molecular formula is C13H16BrN3O. The molecule has 0 aliphatic heterocycles. The zero-order valence-electron chi connectivity index (χ0n) is 10.3. The molecular weight excluding hydrogens is 294 g/mol. The Hall–Kier alpha value is -1.20. The van der Waals surface area contributed by atoms with E-state index in [0.29, 0.717) is 18.1 Å². The van der Waals surface area contributed by atoms with Crippen molar-refractivity contribution in [2.45, 2.75) is 32.2 Å². The van der Waals surface area contributed by atoms with Crippen molar-refractivity contribution in [3.8, 4) is 0 Å². The van der Waals surface area contributed by atoms with E-state index in [-0.39, 0.29) is 6.04 Å². The van der Waals surface area contributed by atoms with Crippen molar-refractivity contribution in [3.05, 3.63) is 46.0 Å². The van der Waals surface area contributed by atoms with Crippen molar-refractivity contribution >= 4 is 15.9 Å². The highest BCUT2D eigenvalue weighted by atomic mass is 79.9. The van der Waals surface area contributed by atoms with E-state index in [1.54, 1.807) is 0 Å². The summed E-state index contributed by atoms with van der Waals surface area (Å²) in [7, 11) is 0. The monoisotopic (exact) mass is 309 g/mol. The van der Waals surface area contributed by atoms with E-state index in [1.165, 1.54) is 0 Å². The number of hydrogen-bond donors (Lipinski definition) is 1. The zero-order valence-corrected chi connectivity index (χ0v) is 11.9. The quantitative estimate of drug-likeness (QED) is 0.921. The summed E-state index contributed by atoms with van der Waals surface area (Å²) in [5.41, 5.74) is 7.08. The molecule has 2 N–H and O–H groups in total. The van der Waals surface area contributed by atoms with Crippen molar-refractivity contribution < 1.29 is 4.52 Å². The number of aromatic nitrogens is 2. The van der Waals surface area contributed by atoms with Gasteiger partial charge in [0, 0.05) is 10.9 Å². The smallest absolute Gasteiger partial charge is 0.243 e. The lowest BCUT2D eigenvalue weighted by Gasteiger charge is -2.02. The van der Waals surface area contributed by atoms with Crippen molar-refractivity contribution in [2.75, 3.05) is 0 Å². The van der Waals surface area contributed by atoms with E-state index in [0.717, 1.165) is 22.9 Å². The Morgan fingerprint density at radius 2 is 2.06 bits per heavy atom. The molecule has 1 heterocycles. The molecule has 1 unspecified atom stereocenters. The fourth-order valence-electron chi connectivity index (χ4n) is 1.71. The first-order valence-corrected chi connectivity index (χ1v) is 6.81. The van der Waals surface area contributed by atoms with Gasteiger partial charge in [0.1, 0.15) is 0 Å². The molecule has 0 fully saturated rings. The zero-order chi connectivity index (χ0) is 13.0. The van der Waals surface area contributed by atoms with Crippen molar-refractivity contribution in [2.24, 2.45) is 5.73 Å². The number of hydrogen-bond acceptors (Lipinski definition) is 4. The van der Waals surface area contributed by atoms with Crippen LogP contribution in [-0.2, 0) is 6.42 Å². The lowest BCUT2D eigenvalue weighted by atomic mass is 10.1. The van der Waals surface area contributed by atoms with Crippen molar-refractivity contribution in [3.63, 3.8) is 0 Å². The Balaban J connectivity index is 2.04. The Kier molecular flexibility index (Phi) is 4.49. The van der Waals surface area contributed by atoms with Gasteiger partial charge in [0.05, 0.1) is 6.04 Å². The van der Waals surface area contributed by atoms with Crippen LogP contribution >= 0.6 is 15.9 Å². The van der Waals surface area contributed by atoms with Gasteiger partial charge in [-0.2, -0.15) is 4.98 Å². The second kappa shape index (κ2) is 6.11. The second-order valence-corrected chi connectivity index (χ2v) is 5.16. The SMILES string of the molecule is CCCC(N)c1nc(Cc2ccc(Br)cc2)no1. The number of nitrogens with two attached hydrogens (primary N) is 1. The van der Waals surface area contributed by atoms with E-state index in [9.17, 15) is 0 Å². The van der Waals surface area contributed by atoms with E-state index in [4.69, 9.17) is 10.3 Å². The highest BCUT2D eigenvalue weighted by molar-refractivity contribution is 9.10. The maximum atomic E-state index is 5.93. The van der Waals surface area contributed by atoms with Crippen LogP contribution in [0.2, 0.25) is 0 Å². The third-order valence-electron chi connectivity index (χ3n) is 2.68. The normalized spacial score (nSPS) is 12.6. The average Bonchev–Trinajstić information content (AvgIpc) is 2.81. The summed E-state index contributed by atoms with van der Waals surface area (Å²) >= 11 is 3.41. The van der Waals surface area contributed by atoms with E-state index in [1.807, 2.05) is 24.3 Å². The molecule has 18 heavy (non-hydrogen) atoms. The summed E-state index contributed by atoms with van der Waals surface area (Å²) in [6, 6.07) is 7.91. The summed E-state index contributed by atoms with van der Waals surface area (Å²) in [6.45, 7) is 2.08. The topological polar surface area (TPSA) is 64.9 Å². The Labute approximate surface area is 115 Å². The molecule has 0 bridgehead atoms. The maximum Gasteiger partial charge on any atom is 0.243 e. The predicted octanol–water partition coefficient (Wildman–Crippen LogP) is 3.22. The molecule has 2 aromatic rings. The third kappa shape index (κ3) is 3.40. The fraction of sp³-hybridized carbons (Fsp3) is 0.385. The summed E-state index contributed by atoms with van der Waals surface area (Å²) in [6.07, 6.45) is 2.53. The van der Waals surface area contributed by atoms with Crippen LogP contribution in [0.5, 0.6) is 0 Å². The van der Waals surface area contributed by atoms with Gasteiger partial charge in [-0.05, 0) is 24.1 Å². The van der Waals surface area contributed by atoms with Crippen LogP contribution in [0.15, 0.2) is 33.3 Å². The van der Waals surface area contributed by atoms with Crippen molar-refractivity contribution in [1.29, 1.82) is 0 Å². The first kappa shape index (κ1) is 13.2. The van der Waals surface area contributed by atoms with Gasteiger partial charge in [0.15, 0.2) is 5.82 Å². The number of benzene rings is 1. The molecule has 0 radical (unpaired) electrons. The van der Waals surface area contributed by atoms with E-state index in [2.05, 4.69) is 33.0 Å². The number of rotatable bonds is 5. The standard InChI is InChI=1S/C13H16BrN3O/c1-2-3-11(15)13-16-12(17-18-13)8-9-4-6-10(14)7-5-9/h4-7,11H,2-3,8,15H2,1H3. The molecule has 0 aliphatic rings. The molecule has 0 spiro atoms.